The van der Waals surface area contributed by atoms with Crippen LogP contribution in [0.2, 0.25) is 6.55 Å². The highest BCUT2D eigenvalue weighted by atomic mass is 28.4. The maximum atomic E-state index is 11.7. The maximum absolute atomic E-state index is 11.7. The Morgan fingerprint density at radius 3 is 2.00 bits per heavy atom. The van der Waals surface area contributed by atoms with Gasteiger partial charge in [-0.05, 0) is 24.7 Å². The Labute approximate surface area is 176 Å². The molecule has 158 valence electrons. The van der Waals surface area contributed by atoms with Gasteiger partial charge in [-0.15, -0.1) is 0 Å². The van der Waals surface area contributed by atoms with Gasteiger partial charge >= 0.3 is 17.4 Å². The van der Waals surface area contributed by atoms with Crippen molar-refractivity contribution in [2.45, 2.75) is 33.9 Å². The van der Waals surface area contributed by atoms with Gasteiger partial charge in [0, 0.05) is 31.5 Å². The van der Waals surface area contributed by atoms with Gasteiger partial charge in [0.05, 0.1) is 11.8 Å². The lowest BCUT2D eigenvalue weighted by atomic mass is 10.2. The van der Waals surface area contributed by atoms with E-state index in [1.165, 1.54) is 0 Å². The molecule has 1 unspecified atom stereocenters. The van der Waals surface area contributed by atoms with Gasteiger partial charge in [-0.2, -0.15) is 0 Å². The normalized spacial score (nSPS) is 17.9. The highest BCUT2D eigenvalue weighted by Crippen LogP contribution is 2.29. The van der Waals surface area contributed by atoms with E-state index in [0.717, 1.165) is 26.0 Å². The Kier molecular flexibility index (Phi) is 6.10. The largest absolute Gasteiger partial charge is 0.742 e. The summed E-state index contributed by atoms with van der Waals surface area (Å²) in [5, 5.41) is 1.27. The van der Waals surface area contributed by atoms with Crippen molar-refractivity contribution in [1.29, 1.82) is 0 Å². The average Bonchev–Trinajstić information content (AvgIpc) is 2.66. The second-order valence-electron chi connectivity index (χ2n) is 6.86. The van der Waals surface area contributed by atoms with Crippen molar-refractivity contribution in [3.63, 3.8) is 0 Å². The first-order valence-electron chi connectivity index (χ1n) is 9.24. The van der Waals surface area contributed by atoms with Crippen molar-refractivity contribution < 1.29 is 36.5 Å². The summed E-state index contributed by atoms with van der Waals surface area (Å²) in [6, 6.07) is 14.6. The Balaban J connectivity index is 2.00. The standard InChI is InChI=1S/C20H22O8Si2/c1-14(21)25-30(26-15(2)22,27-16(3)23)19-10-11-20-17(12-19)13-24-29(4,28-20)18-8-6-5-7-9-18/h5-12H,13H2,1-4H3. The molecule has 8 nitrogen and oxygen atoms in total. The smallest absolute Gasteiger partial charge is 0.517 e. The molecule has 0 saturated heterocycles. The summed E-state index contributed by atoms with van der Waals surface area (Å²) in [6.45, 7) is 5.64. The molecule has 0 fully saturated rings. The minimum absolute atomic E-state index is 0.242. The Morgan fingerprint density at radius 1 is 0.900 bits per heavy atom. The Hall–Kier alpha value is -2.96. The Bertz CT molecular complexity index is 937. The van der Waals surface area contributed by atoms with Crippen LogP contribution in [0, 0.1) is 0 Å². The van der Waals surface area contributed by atoms with Crippen molar-refractivity contribution >= 4 is 45.6 Å². The predicted molar refractivity (Wildman–Crippen MR) is 110 cm³/mol. The molecule has 0 aromatic heterocycles. The molecule has 0 aliphatic carbocycles. The molecule has 1 aliphatic heterocycles. The molecule has 1 heterocycles. The van der Waals surface area contributed by atoms with E-state index in [1.807, 2.05) is 36.9 Å². The summed E-state index contributed by atoms with van der Waals surface area (Å²) in [7, 11) is -6.82. The fourth-order valence-electron chi connectivity index (χ4n) is 3.13. The van der Waals surface area contributed by atoms with Crippen molar-refractivity contribution in [3.8, 4) is 5.75 Å². The molecule has 2 aromatic rings. The Morgan fingerprint density at radius 2 is 1.47 bits per heavy atom. The van der Waals surface area contributed by atoms with Crippen LogP contribution in [0.25, 0.3) is 0 Å². The van der Waals surface area contributed by atoms with Crippen LogP contribution in [0.4, 0.5) is 0 Å². The van der Waals surface area contributed by atoms with Gasteiger partial charge < -0.3 is 22.1 Å². The lowest BCUT2D eigenvalue weighted by Gasteiger charge is -2.34. The first-order valence-corrected chi connectivity index (χ1v) is 13.3. The highest BCUT2D eigenvalue weighted by Gasteiger charge is 2.55. The topological polar surface area (TPSA) is 97.4 Å². The van der Waals surface area contributed by atoms with Crippen LogP contribution in [0.15, 0.2) is 48.5 Å². The first kappa shape index (κ1) is 21.7. The minimum atomic E-state index is -4.17. The van der Waals surface area contributed by atoms with E-state index in [0.29, 0.717) is 11.3 Å². The second-order valence-corrected chi connectivity index (χ2v) is 12.1. The molecule has 30 heavy (non-hydrogen) atoms. The van der Waals surface area contributed by atoms with Gasteiger partial charge in [0.15, 0.2) is 0 Å². The third-order valence-corrected chi connectivity index (χ3v) is 9.73. The van der Waals surface area contributed by atoms with Gasteiger partial charge in [0.1, 0.15) is 5.75 Å². The number of hydrogen-bond donors (Lipinski definition) is 0. The molecule has 1 aliphatic rings. The summed E-state index contributed by atoms with van der Waals surface area (Å²) in [6.07, 6.45) is 0. The zero-order valence-corrected chi connectivity index (χ0v) is 19.1. The van der Waals surface area contributed by atoms with Crippen molar-refractivity contribution in [2.75, 3.05) is 0 Å². The van der Waals surface area contributed by atoms with Gasteiger partial charge in [-0.25, -0.2) is 0 Å². The minimum Gasteiger partial charge on any atom is -0.517 e. The molecule has 2 aromatic carbocycles. The fraction of sp³-hybridized carbons (Fsp3) is 0.250. The fourth-order valence-corrected chi connectivity index (χ4v) is 7.57. The lowest BCUT2D eigenvalue weighted by Crippen LogP contribution is -2.60. The second kappa shape index (κ2) is 8.42. The molecule has 0 radical (unpaired) electrons. The third-order valence-electron chi connectivity index (χ3n) is 4.35. The van der Waals surface area contributed by atoms with Gasteiger partial charge in [0.2, 0.25) is 0 Å². The van der Waals surface area contributed by atoms with E-state index in [4.69, 9.17) is 22.1 Å². The maximum Gasteiger partial charge on any atom is 0.742 e. The molecular formula is C20H22O8Si2. The summed E-state index contributed by atoms with van der Waals surface area (Å²) >= 11 is 0. The van der Waals surface area contributed by atoms with E-state index in [1.54, 1.807) is 18.2 Å². The quantitative estimate of drug-likeness (QED) is 0.636. The number of benzene rings is 2. The summed E-state index contributed by atoms with van der Waals surface area (Å²) in [4.78, 5) is 35.1. The molecule has 0 bridgehead atoms. The van der Waals surface area contributed by atoms with Crippen molar-refractivity contribution in [3.05, 3.63) is 54.1 Å². The van der Waals surface area contributed by atoms with Crippen molar-refractivity contribution in [1.82, 2.24) is 0 Å². The van der Waals surface area contributed by atoms with E-state index in [-0.39, 0.29) is 11.8 Å². The highest BCUT2D eigenvalue weighted by molar-refractivity contribution is 6.81. The van der Waals surface area contributed by atoms with Crippen LogP contribution in [-0.2, 0) is 38.7 Å². The number of carbonyl (C=O) groups excluding carboxylic acids is 3. The molecule has 0 saturated carbocycles. The zero-order valence-electron chi connectivity index (χ0n) is 17.1. The third kappa shape index (κ3) is 4.61. The molecule has 1 atom stereocenters. The van der Waals surface area contributed by atoms with Gasteiger partial charge in [-0.3, -0.25) is 14.4 Å². The van der Waals surface area contributed by atoms with Crippen LogP contribution in [0.3, 0.4) is 0 Å². The van der Waals surface area contributed by atoms with Crippen LogP contribution < -0.4 is 14.8 Å². The monoisotopic (exact) mass is 446 g/mol. The molecule has 0 N–H and O–H groups in total. The van der Waals surface area contributed by atoms with E-state index in [9.17, 15) is 14.4 Å². The van der Waals surface area contributed by atoms with Crippen LogP contribution >= 0.6 is 0 Å². The van der Waals surface area contributed by atoms with Gasteiger partial charge in [0.25, 0.3) is 17.9 Å². The van der Waals surface area contributed by atoms with E-state index >= 15 is 0 Å². The molecule has 0 spiro atoms. The molecule has 3 rings (SSSR count). The summed E-state index contributed by atoms with van der Waals surface area (Å²) in [5.74, 6) is -1.60. The number of hydrogen-bond acceptors (Lipinski definition) is 8. The van der Waals surface area contributed by atoms with E-state index < -0.39 is 35.3 Å². The van der Waals surface area contributed by atoms with Crippen molar-refractivity contribution in [2.24, 2.45) is 0 Å². The van der Waals surface area contributed by atoms with Gasteiger partial charge in [-0.1, -0.05) is 30.3 Å². The lowest BCUT2D eigenvalue weighted by molar-refractivity contribution is -0.146. The molecular weight excluding hydrogens is 424 g/mol. The summed E-state index contributed by atoms with van der Waals surface area (Å²) in [5.41, 5.74) is 0.664. The number of fused-ring (bicyclic) bond motifs is 1. The first-order chi connectivity index (χ1) is 14.1. The number of carbonyl (C=O) groups is 3. The zero-order chi connectivity index (χ0) is 21.9. The predicted octanol–water partition coefficient (Wildman–Crippen LogP) is 1.41. The van der Waals surface area contributed by atoms with Crippen LogP contribution in [-0.4, -0.2) is 35.3 Å². The molecule has 10 heteroatoms. The SMILES string of the molecule is CC(=O)O[Si](OC(C)=O)(OC(C)=O)c1ccc2c(c1)CO[Si](C)(c1ccccc1)O2. The summed E-state index contributed by atoms with van der Waals surface area (Å²) < 4.78 is 28.2. The van der Waals surface area contributed by atoms with Crippen LogP contribution in [0.1, 0.15) is 26.3 Å². The van der Waals surface area contributed by atoms with E-state index in [2.05, 4.69) is 0 Å². The van der Waals surface area contributed by atoms with Crippen LogP contribution in [0.5, 0.6) is 5.75 Å². The average molecular weight is 447 g/mol. The number of rotatable bonds is 5. The molecule has 0 amide bonds.